The molecule has 118 valence electrons. The lowest BCUT2D eigenvalue weighted by Gasteiger charge is -2.25. The van der Waals surface area contributed by atoms with Crippen molar-refractivity contribution >= 4 is 17.2 Å². The summed E-state index contributed by atoms with van der Waals surface area (Å²) in [7, 11) is 1.61. The van der Waals surface area contributed by atoms with Gasteiger partial charge in [-0.25, -0.2) is 0 Å². The first-order valence-electron chi connectivity index (χ1n) is 7.53. The van der Waals surface area contributed by atoms with Crippen LogP contribution in [0.2, 0.25) is 0 Å². The number of amides is 1. The number of hydrogen-bond donors (Lipinski definition) is 0. The van der Waals surface area contributed by atoms with Crippen LogP contribution in [-0.4, -0.2) is 40.3 Å². The number of methoxy groups -OCH3 is 1. The van der Waals surface area contributed by atoms with Gasteiger partial charge in [0.1, 0.15) is 10.6 Å². The number of likely N-dealkylation sites (tertiary alicyclic amines) is 1. The summed E-state index contributed by atoms with van der Waals surface area (Å²) in [4.78, 5) is 15.5. The molecular formula is C16H21N3O2S. The second-order valence-corrected chi connectivity index (χ2v) is 6.64. The van der Waals surface area contributed by atoms with Gasteiger partial charge in [-0.3, -0.25) is 9.48 Å². The second kappa shape index (κ2) is 6.12. The van der Waals surface area contributed by atoms with Gasteiger partial charge in [0.05, 0.1) is 25.4 Å². The van der Waals surface area contributed by atoms with E-state index in [2.05, 4.69) is 18.1 Å². The fraction of sp³-hybridized carbons (Fsp3) is 0.500. The summed E-state index contributed by atoms with van der Waals surface area (Å²) < 4.78 is 7.30. The minimum absolute atomic E-state index is 0.0795. The highest BCUT2D eigenvalue weighted by atomic mass is 32.1. The third kappa shape index (κ3) is 2.75. The van der Waals surface area contributed by atoms with Crippen molar-refractivity contribution in [1.29, 1.82) is 0 Å². The molecule has 1 saturated heterocycles. The van der Waals surface area contributed by atoms with E-state index >= 15 is 0 Å². The molecule has 0 unspecified atom stereocenters. The van der Waals surface area contributed by atoms with Crippen LogP contribution >= 0.6 is 11.3 Å². The Morgan fingerprint density at radius 2 is 2.32 bits per heavy atom. The molecule has 0 aliphatic carbocycles. The van der Waals surface area contributed by atoms with Gasteiger partial charge in [0.2, 0.25) is 0 Å². The van der Waals surface area contributed by atoms with E-state index in [-0.39, 0.29) is 11.9 Å². The second-order valence-electron chi connectivity index (χ2n) is 5.72. The van der Waals surface area contributed by atoms with Crippen molar-refractivity contribution < 1.29 is 9.53 Å². The molecule has 3 rings (SSSR count). The van der Waals surface area contributed by atoms with Gasteiger partial charge >= 0.3 is 0 Å². The van der Waals surface area contributed by atoms with Crippen LogP contribution in [0.25, 0.3) is 0 Å². The summed E-state index contributed by atoms with van der Waals surface area (Å²) in [5.74, 6) is 0.752. The molecule has 0 N–H and O–H groups in total. The smallest absolute Gasteiger partial charge is 0.268 e. The van der Waals surface area contributed by atoms with Crippen molar-refractivity contribution in [2.75, 3.05) is 13.7 Å². The van der Waals surface area contributed by atoms with Crippen LogP contribution in [0.1, 0.15) is 33.9 Å². The number of hydrogen-bond acceptors (Lipinski definition) is 4. The number of aryl methyl sites for hydroxylation is 2. The lowest BCUT2D eigenvalue weighted by Crippen LogP contribution is -2.38. The summed E-state index contributed by atoms with van der Waals surface area (Å²) in [5, 5.41) is 6.42. The first-order valence-corrected chi connectivity index (χ1v) is 8.41. The number of thiophene rings is 1. The van der Waals surface area contributed by atoms with Crippen LogP contribution in [0.15, 0.2) is 17.5 Å². The summed E-state index contributed by atoms with van der Waals surface area (Å²) >= 11 is 1.45. The molecule has 22 heavy (non-hydrogen) atoms. The molecule has 2 aromatic rings. The number of carbonyl (C=O) groups excluding carboxylic acids is 1. The molecule has 1 amide bonds. The SMILES string of the molecule is COc1ccsc1C(=O)N1CCC[C@@H]1Cn1nc(C)cc1C. The molecule has 6 heteroatoms. The van der Waals surface area contributed by atoms with Crippen molar-refractivity contribution in [1.82, 2.24) is 14.7 Å². The molecule has 2 aromatic heterocycles. The minimum Gasteiger partial charge on any atom is -0.495 e. The maximum atomic E-state index is 12.8. The minimum atomic E-state index is 0.0795. The largest absolute Gasteiger partial charge is 0.495 e. The number of aromatic nitrogens is 2. The predicted molar refractivity (Wildman–Crippen MR) is 86.6 cm³/mol. The molecule has 1 atom stereocenters. The molecule has 0 spiro atoms. The van der Waals surface area contributed by atoms with E-state index in [0.717, 1.165) is 37.3 Å². The average Bonchev–Trinajstić information content (AvgIpc) is 3.19. The van der Waals surface area contributed by atoms with E-state index < -0.39 is 0 Å². The third-order valence-corrected chi connectivity index (χ3v) is 5.05. The zero-order valence-electron chi connectivity index (χ0n) is 13.2. The lowest BCUT2D eigenvalue weighted by atomic mass is 10.2. The average molecular weight is 319 g/mol. The molecular weight excluding hydrogens is 298 g/mol. The monoisotopic (exact) mass is 319 g/mol. The Labute approximate surface area is 134 Å². The molecule has 1 aliphatic heterocycles. The Kier molecular flexibility index (Phi) is 4.20. The number of ether oxygens (including phenoxy) is 1. The maximum Gasteiger partial charge on any atom is 0.268 e. The number of carbonyl (C=O) groups is 1. The van der Waals surface area contributed by atoms with Crippen LogP contribution in [0.3, 0.4) is 0 Å². The lowest BCUT2D eigenvalue weighted by molar-refractivity contribution is 0.0723. The van der Waals surface area contributed by atoms with Gasteiger partial charge in [-0.1, -0.05) is 0 Å². The molecule has 1 fully saturated rings. The molecule has 1 aliphatic rings. The topological polar surface area (TPSA) is 47.4 Å². The fourth-order valence-electron chi connectivity index (χ4n) is 3.10. The van der Waals surface area contributed by atoms with Crippen molar-refractivity contribution in [3.05, 3.63) is 33.8 Å². The van der Waals surface area contributed by atoms with E-state index in [1.54, 1.807) is 7.11 Å². The van der Waals surface area contributed by atoms with Gasteiger partial charge in [-0.2, -0.15) is 5.10 Å². The van der Waals surface area contributed by atoms with E-state index in [1.165, 1.54) is 11.3 Å². The molecule has 0 saturated carbocycles. The quantitative estimate of drug-likeness (QED) is 0.870. The highest BCUT2D eigenvalue weighted by Crippen LogP contribution is 2.29. The Morgan fingerprint density at radius 1 is 1.50 bits per heavy atom. The fourth-order valence-corrected chi connectivity index (χ4v) is 3.91. The first-order chi connectivity index (χ1) is 10.6. The van der Waals surface area contributed by atoms with E-state index in [1.807, 2.05) is 28.0 Å². The zero-order valence-corrected chi connectivity index (χ0v) is 14.0. The van der Waals surface area contributed by atoms with Gasteiger partial charge < -0.3 is 9.64 Å². The molecule has 0 bridgehead atoms. The first kappa shape index (κ1) is 15.1. The van der Waals surface area contributed by atoms with E-state index in [9.17, 15) is 4.79 Å². The van der Waals surface area contributed by atoms with Gasteiger partial charge in [0.25, 0.3) is 5.91 Å². The van der Waals surface area contributed by atoms with Crippen molar-refractivity contribution in [2.24, 2.45) is 0 Å². The van der Waals surface area contributed by atoms with Crippen LogP contribution in [0.5, 0.6) is 5.75 Å². The highest BCUT2D eigenvalue weighted by molar-refractivity contribution is 7.12. The van der Waals surface area contributed by atoms with Crippen molar-refractivity contribution in [3.8, 4) is 5.75 Å². The Hall–Kier alpha value is -1.82. The summed E-state index contributed by atoms with van der Waals surface area (Å²) in [6.07, 6.45) is 2.07. The summed E-state index contributed by atoms with van der Waals surface area (Å²) in [6.45, 7) is 5.63. The van der Waals surface area contributed by atoms with E-state index in [0.29, 0.717) is 10.6 Å². The molecule has 0 aromatic carbocycles. The molecule has 5 nitrogen and oxygen atoms in total. The molecule has 0 radical (unpaired) electrons. The van der Waals surface area contributed by atoms with Crippen LogP contribution in [0.4, 0.5) is 0 Å². The predicted octanol–water partition coefficient (Wildman–Crippen LogP) is 2.87. The van der Waals surface area contributed by atoms with Crippen molar-refractivity contribution in [2.45, 2.75) is 39.3 Å². The van der Waals surface area contributed by atoms with Gasteiger partial charge in [0.15, 0.2) is 0 Å². The zero-order chi connectivity index (χ0) is 15.7. The van der Waals surface area contributed by atoms with Gasteiger partial charge in [-0.15, -0.1) is 11.3 Å². The number of rotatable bonds is 4. The van der Waals surface area contributed by atoms with Crippen LogP contribution < -0.4 is 4.74 Å². The van der Waals surface area contributed by atoms with E-state index in [4.69, 9.17) is 4.74 Å². The Balaban J connectivity index is 1.78. The standard InChI is InChI=1S/C16H21N3O2S/c1-11-9-12(2)19(17-11)10-13-5-4-7-18(13)16(20)15-14(21-3)6-8-22-15/h6,8-9,13H,4-5,7,10H2,1-3H3/t13-/m1/s1. The van der Waals surface area contributed by atoms with Crippen molar-refractivity contribution in [3.63, 3.8) is 0 Å². The Bertz CT molecular complexity index is 677. The molecule has 3 heterocycles. The normalized spacial score (nSPS) is 18.0. The summed E-state index contributed by atoms with van der Waals surface area (Å²) in [6, 6.07) is 4.13. The van der Waals surface area contributed by atoms with Crippen LogP contribution in [0, 0.1) is 13.8 Å². The maximum absolute atomic E-state index is 12.8. The third-order valence-electron chi connectivity index (χ3n) is 4.17. The number of nitrogens with zero attached hydrogens (tertiary/aromatic N) is 3. The van der Waals surface area contributed by atoms with Gasteiger partial charge in [-0.05, 0) is 44.2 Å². The Morgan fingerprint density at radius 3 is 3.00 bits per heavy atom. The van der Waals surface area contributed by atoms with Crippen LogP contribution in [-0.2, 0) is 6.54 Å². The van der Waals surface area contributed by atoms with Gasteiger partial charge in [0, 0.05) is 12.2 Å². The highest BCUT2D eigenvalue weighted by Gasteiger charge is 2.32. The summed E-state index contributed by atoms with van der Waals surface area (Å²) in [5.41, 5.74) is 2.17.